The average Bonchev–Trinajstić information content (AvgIpc) is 3.03. The van der Waals surface area contributed by atoms with Crippen LogP contribution in [0.2, 0.25) is 0 Å². The normalized spacial score (nSPS) is 12.4. The predicted octanol–water partition coefficient (Wildman–Crippen LogP) is 2.69. The predicted molar refractivity (Wildman–Crippen MR) is 89.1 cm³/mol. The fourth-order valence-electron chi connectivity index (χ4n) is 2.06. The molecule has 5 nitrogen and oxygen atoms in total. The Hall–Kier alpha value is -2.74. The molecule has 1 aliphatic rings. The van der Waals surface area contributed by atoms with Crippen LogP contribution in [0.5, 0.6) is 11.5 Å². The first-order chi connectivity index (χ1) is 11.6. The number of benzene rings is 2. The van der Waals surface area contributed by atoms with Crippen molar-refractivity contribution < 1.29 is 18.3 Å². The molecule has 0 aromatic heterocycles. The standard InChI is InChI=1S/C16H13F2N3O2S/c17-12-2-1-3-13(18)11(12)8-20-21-16(24)19-7-10-4-5-14-15(6-10)23-9-22-14/h1-6,8H,7,9H2,(H2,19,21,24)/b20-8-. The molecule has 2 aromatic carbocycles. The molecule has 3 rings (SSSR count). The molecule has 0 spiro atoms. The third kappa shape index (κ3) is 3.77. The van der Waals surface area contributed by atoms with Crippen molar-refractivity contribution in [1.82, 2.24) is 10.7 Å². The van der Waals surface area contributed by atoms with E-state index in [1.807, 2.05) is 18.2 Å². The van der Waals surface area contributed by atoms with Gasteiger partial charge >= 0.3 is 0 Å². The van der Waals surface area contributed by atoms with Crippen LogP contribution in [0.25, 0.3) is 0 Å². The molecule has 1 heterocycles. The smallest absolute Gasteiger partial charge is 0.231 e. The van der Waals surface area contributed by atoms with E-state index in [9.17, 15) is 8.78 Å². The fraction of sp³-hybridized carbons (Fsp3) is 0.125. The average molecular weight is 349 g/mol. The lowest BCUT2D eigenvalue weighted by Crippen LogP contribution is -2.31. The second kappa shape index (κ2) is 7.22. The Balaban J connectivity index is 1.52. The second-order valence-electron chi connectivity index (χ2n) is 4.88. The van der Waals surface area contributed by atoms with Crippen molar-refractivity contribution in [3.63, 3.8) is 0 Å². The number of thiocarbonyl (C=S) groups is 1. The first kappa shape index (κ1) is 16.1. The Bertz CT molecular complexity index is 779. The number of ether oxygens (including phenoxy) is 2. The van der Waals surface area contributed by atoms with Gasteiger partial charge in [-0.1, -0.05) is 12.1 Å². The number of hydrogen-bond acceptors (Lipinski definition) is 4. The lowest BCUT2D eigenvalue weighted by atomic mass is 10.2. The molecule has 0 saturated heterocycles. The molecule has 0 atom stereocenters. The molecule has 2 aromatic rings. The summed E-state index contributed by atoms with van der Waals surface area (Å²) >= 11 is 5.05. The van der Waals surface area contributed by atoms with Gasteiger partial charge in [-0.2, -0.15) is 5.10 Å². The van der Waals surface area contributed by atoms with Crippen molar-refractivity contribution in [1.29, 1.82) is 0 Å². The van der Waals surface area contributed by atoms with Crippen molar-refractivity contribution in [2.75, 3.05) is 6.79 Å². The molecule has 0 fully saturated rings. The van der Waals surface area contributed by atoms with Gasteiger partial charge in [0.05, 0.1) is 11.8 Å². The molecule has 1 aliphatic heterocycles. The highest BCUT2D eigenvalue weighted by Gasteiger charge is 2.13. The Kier molecular flexibility index (Phi) is 4.85. The van der Waals surface area contributed by atoms with Crippen LogP contribution in [0.1, 0.15) is 11.1 Å². The number of halogens is 2. The van der Waals surface area contributed by atoms with Crippen molar-refractivity contribution in [2.24, 2.45) is 5.10 Å². The van der Waals surface area contributed by atoms with Crippen LogP contribution < -0.4 is 20.2 Å². The van der Waals surface area contributed by atoms with Gasteiger partial charge in [-0.25, -0.2) is 8.78 Å². The van der Waals surface area contributed by atoms with Gasteiger partial charge in [0.15, 0.2) is 16.6 Å². The second-order valence-corrected chi connectivity index (χ2v) is 5.28. The number of nitrogens with zero attached hydrogens (tertiary/aromatic N) is 1. The van der Waals surface area contributed by atoms with Gasteiger partial charge in [0, 0.05) is 6.54 Å². The van der Waals surface area contributed by atoms with Crippen LogP contribution in [0.15, 0.2) is 41.5 Å². The summed E-state index contributed by atoms with van der Waals surface area (Å²) in [4.78, 5) is 0. The summed E-state index contributed by atoms with van der Waals surface area (Å²) in [5.74, 6) is -0.00299. The zero-order valence-corrected chi connectivity index (χ0v) is 13.2. The van der Waals surface area contributed by atoms with Crippen molar-refractivity contribution >= 4 is 23.5 Å². The van der Waals surface area contributed by atoms with E-state index in [0.29, 0.717) is 18.0 Å². The third-order valence-electron chi connectivity index (χ3n) is 3.25. The van der Waals surface area contributed by atoms with Crippen LogP contribution >= 0.6 is 12.2 Å². The van der Waals surface area contributed by atoms with Gasteiger partial charge in [-0.15, -0.1) is 0 Å². The molecule has 0 radical (unpaired) electrons. The van der Waals surface area contributed by atoms with E-state index in [-0.39, 0.29) is 17.5 Å². The quantitative estimate of drug-likeness (QED) is 0.505. The van der Waals surface area contributed by atoms with Crippen LogP contribution in [0.3, 0.4) is 0 Å². The van der Waals surface area contributed by atoms with Crippen molar-refractivity contribution in [3.8, 4) is 11.5 Å². The third-order valence-corrected chi connectivity index (χ3v) is 3.49. The first-order valence-corrected chi connectivity index (χ1v) is 7.44. The number of hydrogen-bond donors (Lipinski definition) is 2. The Morgan fingerprint density at radius 2 is 1.92 bits per heavy atom. The zero-order valence-electron chi connectivity index (χ0n) is 12.4. The minimum Gasteiger partial charge on any atom is -0.454 e. The van der Waals surface area contributed by atoms with Gasteiger partial charge in [-0.3, -0.25) is 5.43 Å². The Morgan fingerprint density at radius 1 is 1.17 bits per heavy atom. The van der Waals surface area contributed by atoms with Crippen molar-refractivity contribution in [2.45, 2.75) is 6.54 Å². The largest absolute Gasteiger partial charge is 0.454 e. The molecule has 0 unspecified atom stereocenters. The lowest BCUT2D eigenvalue weighted by Gasteiger charge is -2.07. The van der Waals surface area contributed by atoms with E-state index in [1.54, 1.807) is 0 Å². The van der Waals surface area contributed by atoms with E-state index < -0.39 is 11.6 Å². The Morgan fingerprint density at radius 3 is 2.71 bits per heavy atom. The summed E-state index contributed by atoms with van der Waals surface area (Å²) < 4.78 is 37.4. The highest BCUT2D eigenvalue weighted by molar-refractivity contribution is 7.80. The maximum absolute atomic E-state index is 13.4. The lowest BCUT2D eigenvalue weighted by molar-refractivity contribution is 0.174. The molecule has 2 N–H and O–H groups in total. The SMILES string of the molecule is Fc1cccc(F)c1/C=N\NC(=S)NCc1ccc2c(c1)OCO2. The van der Waals surface area contributed by atoms with Gasteiger partial charge in [0.25, 0.3) is 0 Å². The van der Waals surface area contributed by atoms with E-state index in [2.05, 4.69) is 15.8 Å². The van der Waals surface area contributed by atoms with Gasteiger partial charge in [0.1, 0.15) is 11.6 Å². The minimum atomic E-state index is -0.695. The summed E-state index contributed by atoms with van der Waals surface area (Å²) in [7, 11) is 0. The topological polar surface area (TPSA) is 54.9 Å². The van der Waals surface area contributed by atoms with Crippen molar-refractivity contribution in [3.05, 3.63) is 59.2 Å². The van der Waals surface area contributed by atoms with E-state index >= 15 is 0 Å². The zero-order chi connectivity index (χ0) is 16.9. The van der Waals surface area contributed by atoms with E-state index in [4.69, 9.17) is 21.7 Å². The van der Waals surface area contributed by atoms with Crippen LogP contribution in [0.4, 0.5) is 8.78 Å². The molecular formula is C16H13F2N3O2S. The number of fused-ring (bicyclic) bond motifs is 1. The number of hydrazone groups is 1. The molecule has 0 bridgehead atoms. The minimum absolute atomic E-state index is 0.216. The summed E-state index contributed by atoms with van der Waals surface area (Å²) in [5.41, 5.74) is 3.21. The van der Waals surface area contributed by atoms with E-state index in [1.165, 1.54) is 6.07 Å². The molecule has 24 heavy (non-hydrogen) atoms. The summed E-state index contributed by atoms with van der Waals surface area (Å²) in [6.07, 6.45) is 1.04. The molecule has 0 amide bonds. The molecule has 124 valence electrons. The van der Waals surface area contributed by atoms with Crippen LogP contribution in [0, 0.1) is 11.6 Å². The summed E-state index contributed by atoms with van der Waals surface area (Å²) in [6.45, 7) is 0.652. The maximum Gasteiger partial charge on any atom is 0.231 e. The first-order valence-electron chi connectivity index (χ1n) is 7.03. The molecule has 8 heteroatoms. The highest BCUT2D eigenvalue weighted by Crippen LogP contribution is 2.32. The summed E-state index contributed by atoms with van der Waals surface area (Å²) in [6, 6.07) is 9.13. The number of rotatable bonds is 4. The van der Waals surface area contributed by atoms with Gasteiger partial charge in [-0.05, 0) is 42.0 Å². The van der Waals surface area contributed by atoms with E-state index in [0.717, 1.165) is 23.9 Å². The highest BCUT2D eigenvalue weighted by atomic mass is 32.1. The van der Waals surface area contributed by atoms with Crippen LogP contribution in [-0.4, -0.2) is 18.1 Å². The maximum atomic E-state index is 13.4. The van der Waals surface area contributed by atoms with Crippen LogP contribution in [-0.2, 0) is 6.54 Å². The summed E-state index contributed by atoms with van der Waals surface area (Å²) in [5, 5.41) is 6.88. The van der Waals surface area contributed by atoms with Gasteiger partial charge in [0.2, 0.25) is 6.79 Å². The molecular weight excluding hydrogens is 336 g/mol. The molecule has 0 saturated carbocycles. The fourth-order valence-corrected chi connectivity index (χ4v) is 2.19. The van der Waals surface area contributed by atoms with Gasteiger partial charge < -0.3 is 14.8 Å². The molecule has 0 aliphatic carbocycles. The number of nitrogens with one attached hydrogen (secondary N) is 2. The monoisotopic (exact) mass is 349 g/mol. The Labute approximate surface area is 142 Å².